The molecule has 0 unspecified atom stereocenters. The van der Waals surface area contributed by atoms with Gasteiger partial charge in [-0.3, -0.25) is 0 Å². The number of rotatable bonds is 5. The van der Waals surface area contributed by atoms with Gasteiger partial charge in [0.2, 0.25) is 5.95 Å². The van der Waals surface area contributed by atoms with Gasteiger partial charge in [-0.05, 0) is 30.9 Å². The topological polar surface area (TPSA) is 63.8 Å². The van der Waals surface area contributed by atoms with Gasteiger partial charge in [-0.15, -0.1) is 0 Å². The standard InChI is InChI=1S/C12H22N4/c1-12(2,3)9-10-5-8-15-11(16-10)14-7-4-6-13/h5,8H,4,6-7,9,13H2,1-3H3,(H,14,15,16). The van der Waals surface area contributed by atoms with E-state index in [4.69, 9.17) is 5.73 Å². The summed E-state index contributed by atoms with van der Waals surface area (Å²) in [5.74, 6) is 0.704. The van der Waals surface area contributed by atoms with E-state index in [1.165, 1.54) is 0 Å². The lowest BCUT2D eigenvalue weighted by atomic mass is 9.90. The van der Waals surface area contributed by atoms with Crippen molar-refractivity contribution in [2.75, 3.05) is 18.4 Å². The van der Waals surface area contributed by atoms with Gasteiger partial charge in [0.25, 0.3) is 0 Å². The zero-order valence-electron chi connectivity index (χ0n) is 10.5. The fourth-order valence-electron chi connectivity index (χ4n) is 1.43. The molecule has 16 heavy (non-hydrogen) atoms. The maximum absolute atomic E-state index is 5.43. The van der Waals surface area contributed by atoms with Crippen LogP contribution in [0.1, 0.15) is 32.9 Å². The molecule has 4 nitrogen and oxygen atoms in total. The molecular formula is C12H22N4. The molecule has 0 aliphatic heterocycles. The lowest BCUT2D eigenvalue weighted by Gasteiger charge is -2.17. The van der Waals surface area contributed by atoms with Gasteiger partial charge in [-0.25, -0.2) is 9.97 Å². The Hall–Kier alpha value is -1.16. The second-order valence-electron chi connectivity index (χ2n) is 5.18. The molecule has 0 amide bonds. The Morgan fingerprint density at radius 3 is 2.75 bits per heavy atom. The van der Waals surface area contributed by atoms with Crippen molar-refractivity contribution >= 4 is 5.95 Å². The van der Waals surface area contributed by atoms with E-state index in [0.29, 0.717) is 12.5 Å². The number of nitrogens with one attached hydrogen (secondary N) is 1. The maximum atomic E-state index is 5.43. The molecule has 0 saturated heterocycles. The number of hydrogen-bond acceptors (Lipinski definition) is 4. The van der Waals surface area contributed by atoms with Crippen LogP contribution in [0.5, 0.6) is 0 Å². The first-order valence-corrected chi connectivity index (χ1v) is 5.77. The molecule has 0 fully saturated rings. The first-order chi connectivity index (χ1) is 7.51. The normalized spacial score (nSPS) is 11.5. The average molecular weight is 222 g/mol. The molecule has 0 saturated carbocycles. The molecule has 1 aromatic rings. The predicted octanol–water partition coefficient (Wildman–Crippen LogP) is 1.83. The van der Waals surface area contributed by atoms with Crippen LogP contribution in [0.15, 0.2) is 12.3 Å². The minimum atomic E-state index is 0.253. The first-order valence-electron chi connectivity index (χ1n) is 5.77. The van der Waals surface area contributed by atoms with E-state index in [-0.39, 0.29) is 5.41 Å². The van der Waals surface area contributed by atoms with Gasteiger partial charge < -0.3 is 11.1 Å². The highest BCUT2D eigenvalue weighted by atomic mass is 15.1. The zero-order valence-corrected chi connectivity index (χ0v) is 10.5. The molecule has 0 aromatic carbocycles. The third-order valence-corrected chi connectivity index (χ3v) is 2.09. The second-order valence-corrected chi connectivity index (χ2v) is 5.18. The number of anilines is 1. The predicted molar refractivity (Wildman–Crippen MR) is 67.4 cm³/mol. The number of hydrogen-bond donors (Lipinski definition) is 2. The fourth-order valence-corrected chi connectivity index (χ4v) is 1.43. The van der Waals surface area contributed by atoms with E-state index in [9.17, 15) is 0 Å². The molecule has 4 heteroatoms. The van der Waals surface area contributed by atoms with Crippen molar-refractivity contribution in [2.45, 2.75) is 33.6 Å². The molecule has 0 aliphatic rings. The van der Waals surface area contributed by atoms with E-state index in [2.05, 4.69) is 36.1 Å². The molecule has 3 N–H and O–H groups in total. The van der Waals surface area contributed by atoms with E-state index in [1.54, 1.807) is 6.20 Å². The van der Waals surface area contributed by atoms with Gasteiger partial charge in [0.05, 0.1) is 0 Å². The Morgan fingerprint density at radius 2 is 2.12 bits per heavy atom. The van der Waals surface area contributed by atoms with Crippen LogP contribution in [0.2, 0.25) is 0 Å². The van der Waals surface area contributed by atoms with Crippen molar-refractivity contribution in [2.24, 2.45) is 11.1 Å². The van der Waals surface area contributed by atoms with E-state index >= 15 is 0 Å². The molecular weight excluding hydrogens is 200 g/mol. The van der Waals surface area contributed by atoms with Gasteiger partial charge >= 0.3 is 0 Å². The summed E-state index contributed by atoms with van der Waals surface area (Å²) in [6.45, 7) is 8.13. The monoisotopic (exact) mass is 222 g/mol. The van der Waals surface area contributed by atoms with Gasteiger partial charge in [-0.2, -0.15) is 0 Å². The van der Waals surface area contributed by atoms with Crippen molar-refractivity contribution in [3.8, 4) is 0 Å². The largest absolute Gasteiger partial charge is 0.354 e. The lowest BCUT2D eigenvalue weighted by molar-refractivity contribution is 0.406. The van der Waals surface area contributed by atoms with E-state index < -0.39 is 0 Å². The summed E-state index contributed by atoms with van der Waals surface area (Å²) in [6, 6.07) is 1.97. The van der Waals surface area contributed by atoms with Crippen LogP contribution < -0.4 is 11.1 Å². The third-order valence-electron chi connectivity index (χ3n) is 2.09. The number of aromatic nitrogens is 2. The summed E-state index contributed by atoms with van der Waals surface area (Å²) >= 11 is 0. The van der Waals surface area contributed by atoms with Crippen LogP contribution in [0.3, 0.4) is 0 Å². The summed E-state index contributed by atoms with van der Waals surface area (Å²) in [5, 5.41) is 3.17. The Bertz CT molecular complexity index is 317. The quantitative estimate of drug-likeness (QED) is 0.746. The maximum Gasteiger partial charge on any atom is 0.222 e. The van der Waals surface area contributed by atoms with Crippen molar-refractivity contribution in [1.82, 2.24) is 9.97 Å². The highest BCUT2D eigenvalue weighted by Crippen LogP contribution is 2.19. The van der Waals surface area contributed by atoms with Crippen molar-refractivity contribution in [3.05, 3.63) is 18.0 Å². The molecule has 0 aliphatic carbocycles. The third kappa shape index (κ3) is 5.07. The number of nitrogens with two attached hydrogens (primary N) is 1. The summed E-state index contributed by atoms with van der Waals surface area (Å²) in [5.41, 5.74) is 6.76. The van der Waals surface area contributed by atoms with Gasteiger partial charge in [0.15, 0.2) is 0 Å². The van der Waals surface area contributed by atoms with Crippen LogP contribution in [-0.2, 0) is 6.42 Å². The van der Waals surface area contributed by atoms with Crippen LogP contribution in [0.4, 0.5) is 5.95 Å². The summed E-state index contributed by atoms with van der Waals surface area (Å²) in [7, 11) is 0. The highest BCUT2D eigenvalue weighted by Gasteiger charge is 2.12. The molecule has 1 heterocycles. The van der Waals surface area contributed by atoms with Crippen LogP contribution in [0.25, 0.3) is 0 Å². The average Bonchev–Trinajstić information content (AvgIpc) is 2.16. The summed E-state index contributed by atoms with van der Waals surface area (Å²) in [6.07, 6.45) is 3.70. The van der Waals surface area contributed by atoms with Gasteiger partial charge in [-0.1, -0.05) is 20.8 Å². The smallest absolute Gasteiger partial charge is 0.222 e. The van der Waals surface area contributed by atoms with Crippen LogP contribution in [-0.4, -0.2) is 23.1 Å². The Labute approximate surface area is 97.7 Å². The summed E-state index contributed by atoms with van der Waals surface area (Å²) < 4.78 is 0. The van der Waals surface area contributed by atoms with Gasteiger partial charge in [0, 0.05) is 18.4 Å². The first kappa shape index (κ1) is 12.9. The van der Waals surface area contributed by atoms with Crippen LogP contribution in [0, 0.1) is 5.41 Å². The number of nitrogens with zero attached hydrogens (tertiary/aromatic N) is 2. The zero-order chi connectivity index (χ0) is 12.0. The van der Waals surface area contributed by atoms with Gasteiger partial charge in [0.1, 0.15) is 0 Å². The highest BCUT2D eigenvalue weighted by molar-refractivity contribution is 5.25. The molecule has 90 valence electrons. The SMILES string of the molecule is CC(C)(C)Cc1ccnc(NCCCN)n1. The van der Waals surface area contributed by atoms with E-state index in [1.807, 2.05) is 6.07 Å². The fraction of sp³-hybridized carbons (Fsp3) is 0.667. The minimum absolute atomic E-state index is 0.253. The molecule has 0 spiro atoms. The van der Waals surface area contributed by atoms with E-state index in [0.717, 1.165) is 25.1 Å². The lowest BCUT2D eigenvalue weighted by Crippen LogP contribution is -2.13. The Balaban J connectivity index is 2.57. The van der Waals surface area contributed by atoms with Crippen LogP contribution >= 0.6 is 0 Å². The summed E-state index contributed by atoms with van der Waals surface area (Å²) in [4.78, 5) is 8.65. The molecule has 0 atom stereocenters. The minimum Gasteiger partial charge on any atom is -0.354 e. The van der Waals surface area contributed by atoms with Crippen molar-refractivity contribution < 1.29 is 0 Å². The van der Waals surface area contributed by atoms with Crippen molar-refractivity contribution in [1.29, 1.82) is 0 Å². The Morgan fingerprint density at radius 1 is 1.38 bits per heavy atom. The molecule has 1 aromatic heterocycles. The molecule has 0 radical (unpaired) electrons. The van der Waals surface area contributed by atoms with Crippen molar-refractivity contribution in [3.63, 3.8) is 0 Å². The Kier molecular flexibility index (Phi) is 4.68. The second kappa shape index (κ2) is 5.80. The molecule has 1 rings (SSSR count). The molecule has 0 bridgehead atoms.